The summed E-state index contributed by atoms with van der Waals surface area (Å²) in [6, 6.07) is 0. The standard InChI is InChI=1S/C9H9ClO4/c10-9(4-2-1-3-5-9)8(13)14-6-7(11)12/h2-5H,1,6H2,(H,11,12). The lowest BCUT2D eigenvalue weighted by Gasteiger charge is -2.18. The van der Waals surface area contributed by atoms with Crippen LogP contribution in [0.4, 0.5) is 0 Å². The Morgan fingerprint density at radius 3 is 2.50 bits per heavy atom. The second kappa shape index (κ2) is 4.28. The fourth-order valence-electron chi connectivity index (χ4n) is 0.987. The van der Waals surface area contributed by atoms with Crippen LogP contribution in [-0.4, -0.2) is 28.5 Å². The van der Waals surface area contributed by atoms with Gasteiger partial charge < -0.3 is 9.84 Å². The number of carboxylic acids is 1. The maximum absolute atomic E-state index is 11.3. The molecule has 4 nitrogen and oxygen atoms in total. The molecule has 1 aliphatic rings. The monoisotopic (exact) mass is 216 g/mol. The van der Waals surface area contributed by atoms with Crippen molar-refractivity contribution in [3.05, 3.63) is 24.3 Å². The molecule has 1 aliphatic carbocycles. The largest absolute Gasteiger partial charge is 0.479 e. The van der Waals surface area contributed by atoms with E-state index in [0.717, 1.165) is 0 Å². The predicted molar refractivity (Wildman–Crippen MR) is 50.1 cm³/mol. The number of ether oxygens (including phenoxy) is 1. The van der Waals surface area contributed by atoms with E-state index in [4.69, 9.17) is 16.7 Å². The number of rotatable bonds is 3. The van der Waals surface area contributed by atoms with Gasteiger partial charge in [-0.3, -0.25) is 0 Å². The number of halogens is 1. The van der Waals surface area contributed by atoms with Crippen LogP contribution in [0.1, 0.15) is 6.42 Å². The number of esters is 1. The van der Waals surface area contributed by atoms with Crippen molar-refractivity contribution in [2.45, 2.75) is 11.3 Å². The Morgan fingerprint density at radius 1 is 1.43 bits per heavy atom. The third-order valence-corrected chi connectivity index (χ3v) is 2.04. The van der Waals surface area contributed by atoms with Crippen LogP contribution in [0.5, 0.6) is 0 Å². The SMILES string of the molecule is O=C(O)COC(=O)C1(Cl)C=CCC=C1. The maximum Gasteiger partial charge on any atom is 0.341 e. The highest BCUT2D eigenvalue weighted by Crippen LogP contribution is 2.24. The molecule has 14 heavy (non-hydrogen) atoms. The van der Waals surface area contributed by atoms with E-state index in [0.29, 0.717) is 6.42 Å². The number of hydrogen-bond donors (Lipinski definition) is 1. The van der Waals surface area contributed by atoms with Crippen LogP contribution in [0.15, 0.2) is 24.3 Å². The highest BCUT2D eigenvalue weighted by atomic mass is 35.5. The molecule has 0 heterocycles. The molecular weight excluding hydrogens is 208 g/mol. The van der Waals surface area contributed by atoms with Crippen molar-refractivity contribution in [2.24, 2.45) is 0 Å². The lowest BCUT2D eigenvalue weighted by atomic mass is 10.0. The van der Waals surface area contributed by atoms with Gasteiger partial charge in [-0.2, -0.15) is 0 Å². The first-order valence-corrected chi connectivity index (χ1v) is 4.36. The summed E-state index contributed by atoms with van der Waals surface area (Å²) in [5, 5.41) is 8.29. The molecule has 0 aromatic rings. The minimum atomic E-state index is -1.34. The fourth-order valence-corrected chi connectivity index (χ4v) is 1.22. The summed E-state index contributed by atoms with van der Waals surface area (Å²) in [5.41, 5.74) is 0. The van der Waals surface area contributed by atoms with Gasteiger partial charge in [-0.25, -0.2) is 9.59 Å². The van der Waals surface area contributed by atoms with Gasteiger partial charge in [-0.15, -0.1) is 0 Å². The Kier molecular flexibility index (Phi) is 3.30. The number of aliphatic carboxylic acids is 1. The Labute approximate surface area is 85.8 Å². The highest BCUT2D eigenvalue weighted by molar-refractivity contribution is 6.37. The van der Waals surface area contributed by atoms with Crippen LogP contribution in [-0.2, 0) is 14.3 Å². The van der Waals surface area contributed by atoms with Crippen LogP contribution in [0.25, 0.3) is 0 Å². The molecule has 0 aliphatic heterocycles. The van der Waals surface area contributed by atoms with Gasteiger partial charge in [0.25, 0.3) is 0 Å². The Morgan fingerprint density at radius 2 is 2.00 bits per heavy atom. The van der Waals surface area contributed by atoms with Crippen LogP contribution >= 0.6 is 11.6 Å². The minimum Gasteiger partial charge on any atom is -0.479 e. The van der Waals surface area contributed by atoms with E-state index in [2.05, 4.69) is 4.74 Å². The van der Waals surface area contributed by atoms with Crippen molar-refractivity contribution < 1.29 is 19.4 Å². The average Bonchev–Trinajstić information content (AvgIpc) is 2.15. The normalized spacial score (nSPS) is 17.8. The first-order chi connectivity index (χ1) is 6.54. The first-order valence-electron chi connectivity index (χ1n) is 3.98. The number of carboxylic acid groups (broad SMARTS) is 1. The van der Waals surface area contributed by atoms with Crippen molar-refractivity contribution >= 4 is 23.5 Å². The number of carbonyl (C=O) groups excluding carboxylic acids is 1. The molecule has 0 radical (unpaired) electrons. The molecule has 0 spiro atoms. The van der Waals surface area contributed by atoms with Gasteiger partial charge >= 0.3 is 11.9 Å². The summed E-state index contributed by atoms with van der Waals surface area (Å²) in [7, 11) is 0. The summed E-state index contributed by atoms with van der Waals surface area (Å²) >= 11 is 5.87. The fraction of sp³-hybridized carbons (Fsp3) is 0.333. The van der Waals surface area contributed by atoms with E-state index in [9.17, 15) is 9.59 Å². The van der Waals surface area contributed by atoms with Crippen molar-refractivity contribution in [2.75, 3.05) is 6.61 Å². The summed E-state index contributed by atoms with van der Waals surface area (Å²) in [6.07, 6.45) is 7.11. The van der Waals surface area contributed by atoms with Gasteiger partial charge in [0, 0.05) is 0 Å². The molecule has 0 saturated carbocycles. The molecular formula is C9H9ClO4. The van der Waals surface area contributed by atoms with Gasteiger partial charge in [0.15, 0.2) is 11.5 Å². The molecule has 76 valence electrons. The van der Waals surface area contributed by atoms with Gasteiger partial charge in [0.2, 0.25) is 0 Å². The van der Waals surface area contributed by atoms with Gasteiger partial charge in [-0.1, -0.05) is 35.9 Å². The lowest BCUT2D eigenvalue weighted by Crippen LogP contribution is -2.32. The van der Waals surface area contributed by atoms with Gasteiger partial charge in [0.1, 0.15) is 0 Å². The van der Waals surface area contributed by atoms with Crippen molar-refractivity contribution in [3.8, 4) is 0 Å². The first kappa shape index (κ1) is 10.8. The van der Waals surface area contributed by atoms with E-state index in [1.165, 1.54) is 12.2 Å². The third kappa shape index (κ3) is 2.60. The highest BCUT2D eigenvalue weighted by Gasteiger charge is 2.33. The van der Waals surface area contributed by atoms with Crippen LogP contribution in [0.2, 0.25) is 0 Å². The molecule has 1 N–H and O–H groups in total. The average molecular weight is 217 g/mol. The van der Waals surface area contributed by atoms with E-state index in [1.807, 2.05) is 0 Å². The zero-order chi connectivity index (χ0) is 10.6. The lowest BCUT2D eigenvalue weighted by molar-refractivity contribution is -0.155. The summed E-state index contributed by atoms with van der Waals surface area (Å²) in [6.45, 7) is -0.672. The topological polar surface area (TPSA) is 63.6 Å². The second-order valence-corrected chi connectivity index (χ2v) is 3.40. The van der Waals surface area contributed by atoms with Crippen molar-refractivity contribution in [1.82, 2.24) is 0 Å². The van der Waals surface area contributed by atoms with E-state index in [-0.39, 0.29) is 0 Å². The summed E-state index contributed by atoms with van der Waals surface area (Å²) in [4.78, 5) is 20.1. The number of alkyl halides is 1. The molecule has 0 amide bonds. The predicted octanol–water partition coefficient (Wildman–Crippen LogP) is 1.11. The van der Waals surface area contributed by atoms with E-state index < -0.39 is 23.4 Å². The molecule has 1 rings (SSSR count). The molecule has 0 atom stereocenters. The Hall–Kier alpha value is -1.29. The zero-order valence-electron chi connectivity index (χ0n) is 7.27. The number of allylic oxidation sites excluding steroid dienone is 2. The van der Waals surface area contributed by atoms with E-state index >= 15 is 0 Å². The Bertz CT molecular complexity index is 294. The second-order valence-electron chi connectivity index (χ2n) is 2.78. The minimum absolute atomic E-state index is 0.672. The molecule has 0 aromatic heterocycles. The van der Waals surface area contributed by atoms with Crippen LogP contribution in [0, 0.1) is 0 Å². The number of carbonyl (C=O) groups is 2. The molecule has 5 heteroatoms. The van der Waals surface area contributed by atoms with Crippen molar-refractivity contribution in [3.63, 3.8) is 0 Å². The smallest absolute Gasteiger partial charge is 0.341 e. The third-order valence-electron chi connectivity index (χ3n) is 1.63. The van der Waals surface area contributed by atoms with Gasteiger partial charge in [0.05, 0.1) is 0 Å². The molecule has 0 aromatic carbocycles. The summed E-state index contributed by atoms with van der Waals surface area (Å²) < 4.78 is 4.47. The van der Waals surface area contributed by atoms with Crippen molar-refractivity contribution in [1.29, 1.82) is 0 Å². The zero-order valence-corrected chi connectivity index (χ0v) is 8.03. The van der Waals surface area contributed by atoms with Gasteiger partial charge in [-0.05, 0) is 6.42 Å². The molecule has 0 unspecified atom stereocenters. The molecule has 0 fully saturated rings. The molecule has 0 saturated heterocycles. The summed E-state index contributed by atoms with van der Waals surface area (Å²) in [5.74, 6) is -1.98. The van der Waals surface area contributed by atoms with Crippen LogP contribution < -0.4 is 0 Å². The maximum atomic E-state index is 11.3. The van der Waals surface area contributed by atoms with E-state index in [1.54, 1.807) is 12.2 Å². The molecule has 0 bridgehead atoms. The quantitative estimate of drug-likeness (QED) is 0.436. The Balaban J connectivity index is 2.59. The van der Waals surface area contributed by atoms with Crippen LogP contribution in [0.3, 0.4) is 0 Å². The number of hydrogen-bond acceptors (Lipinski definition) is 3.